The maximum Gasteiger partial charge on any atom is 0.128 e. The lowest BCUT2D eigenvalue weighted by atomic mass is 9.92. The molecule has 1 heterocycles. The third kappa shape index (κ3) is 5.06. The van der Waals surface area contributed by atoms with Gasteiger partial charge in [-0.25, -0.2) is 0 Å². The van der Waals surface area contributed by atoms with Gasteiger partial charge in [-0.1, -0.05) is 67.2 Å². The van der Waals surface area contributed by atoms with Gasteiger partial charge in [0.1, 0.15) is 5.75 Å². The van der Waals surface area contributed by atoms with Gasteiger partial charge in [0.15, 0.2) is 0 Å². The normalized spacial score (nSPS) is 12.6. The number of hydrogen-bond acceptors (Lipinski definition) is 3. The summed E-state index contributed by atoms with van der Waals surface area (Å²) >= 11 is 0. The Kier molecular flexibility index (Phi) is 7.60. The highest BCUT2D eigenvalue weighted by Gasteiger charge is 2.25. The molecule has 0 bridgehead atoms. The zero-order valence-electron chi connectivity index (χ0n) is 17.2. The molecule has 0 spiro atoms. The number of aryl methyl sites for hydroxylation is 3. The molecule has 0 aromatic heterocycles. The SMILES string of the molecule is CCCCCOc1cc(C)cc2c1-c1c(CCCCC)cc(C)cc1SS2. The molecule has 0 amide bonds. The van der Waals surface area contributed by atoms with E-state index in [1.165, 1.54) is 69.7 Å². The molecule has 0 unspecified atom stereocenters. The van der Waals surface area contributed by atoms with Gasteiger partial charge in [0.2, 0.25) is 0 Å². The summed E-state index contributed by atoms with van der Waals surface area (Å²) in [6.07, 6.45) is 8.57. The number of fused-ring (bicyclic) bond motifs is 3. The number of benzene rings is 2. The van der Waals surface area contributed by atoms with Crippen LogP contribution < -0.4 is 4.74 Å². The molecule has 0 aliphatic carbocycles. The fraction of sp³-hybridized carbons (Fsp3) is 0.500. The lowest BCUT2D eigenvalue weighted by molar-refractivity contribution is 0.306. The zero-order chi connectivity index (χ0) is 19.2. The lowest BCUT2D eigenvalue weighted by Gasteiger charge is -2.25. The quantitative estimate of drug-likeness (QED) is 0.309. The molecule has 0 atom stereocenters. The molecular formula is C24H32OS2. The molecule has 0 radical (unpaired) electrons. The summed E-state index contributed by atoms with van der Waals surface area (Å²) in [5.41, 5.74) is 6.92. The van der Waals surface area contributed by atoms with E-state index in [2.05, 4.69) is 52.0 Å². The van der Waals surface area contributed by atoms with Gasteiger partial charge < -0.3 is 4.74 Å². The topological polar surface area (TPSA) is 9.23 Å². The summed E-state index contributed by atoms with van der Waals surface area (Å²) in [6, 6.07) is 9.31. The molecule has 1 aliphatic rings. The van der Waals surface area contributed by atoms with E-state index in [1.807, 2.05) is 21.6 Å². The highest BCUT2D eigenvalue weighted by Crippen LogP contribution is 2.55. The number of hydrogen-bond donors (Lipinski definition) is 0. The Hall–Kier alpha value is -1.06. The van der Waals surface area contributed by atoms with Crippen molar-refractivity contribution < 1.29 is 4.74 Å². The first kappa shape index (κ1) is 20.7. The number of unbranched alkanes of at least 4 members (excludes halogenated alkanes) is 4. The van der Waals surface area contributed by atoms with Crippen LogP contribution in [0.5, 0.6) is 5.75 Å². The van der Waals surface area contributed by atoms with E-state index >= 15 is 0 Å². The van der Waals surface area contributed by atoms with Crippen molar-refractivity contribution in [2.75, 3.05) is 6.61 Å². The summed E-state index contributed by atoms with van der Waals surface area (Å²) in [5, 5.41) is 0. The monoisotopic (exact) mass is 400 g/mol. The van der Waals surface area contributed by atoms with E-state index < -0.39 is 0 Å². The van der Waals surface area contributed by atoms with E-state index in [0.717, 1.165) is 25.2 Å². The first-order valence-electron chi connectivity index (χ1n) is 10.4. The van der Waals surface area contributed by atoms with Crippen molar-refractivity contribution in [2.24, 2.45) is 0 Å². The van der Waals surface area contributed by atoms with Gasteiger partial charge in [0.05, 0.1) is 6.61 Å². The first-order chi connectivity index (χ1) is 13.1. The summed E-state index contributed by atoms with van der Waals surface area (Å²) in [4.78, 5) is 2.76. The van der Waals surface area contributed by atoms with Crippen LogP contribution >= 0.6 is 21.6 Å². The van der Waals surface area contributed by atoms with Gasteiger partial charge in [0, 0.05) is 20.9 Å². The van der Waals surface area contributed by atoms with Crippen LogP contribution in [0.25, 0.3) is 11.1 Å². The van der Waals surface area contributed by atoms with Crippen molar-refractivity contribution in [1.82, 2.24) is 0 Å². The van der Waals surface area contributed by atoms with E-state index in [0.29, 0.717) is 0 Å². The van der Waals surface area contributed by atoms with Crippen LogP contribution in [0.4, 0.5) is 0 Å². The summed E-state index contributed by atoms with van der Waals surface area (Å²) in [6.45, 7) is 9.73. The van der Waals surface area contributed by atoms with Gasteiger partial charge in [-0.05, 0) is 68.0 Å². The van der Waals surface area contributed by atoms with E-state index in [9.17, 15) is 0 Å². The Morgan fingerprint density at radius 3 is 2.07 bits per heavy atom. The minimum absolute atomic E-state index is 0.813. The van der Waals surface area contributed by atoms with Crippen molar-refractivity contribution >= 4 is 21.6 Å². The second-order valence-corrected chi connectivity index (χ2v) is 9.83. The van der Waals surface area contributed by atoms with Crippen molar-refractivity contribution in [3.63, 3.8) is 0 Å². The van der Waals surface area contributed by atoms with Gasteiger partial charge in [0.25, 0.3) is 0 Å². The third-order valence-corrected chi connectivity index (χ3v) is 7.48. The molecule has 2 aromatic rings. The summed E-state index contributed by atoms with van der Waals surface area (Å²) < 4.78 is 6.33. The minimum atomic E-state index is 0.813. The zero-order valence-corrected chi connectivity index (χ0v) is 18.8. The summed E-state index contributed by atoms with van der Waals surface area (Å²) in [5.74, 6) is 1.08. The van der Waals surface area contributed by atoms with Crippen molar-refractivity contribution in [3.05, 3.63) is 41.0 Å². The minimum Gasteiger partial charge on any atom is -0.493 e. The van der Waals surface area contributed by atoms with E-state index in [4.69, 9.17) is 4.74 Å². The van der Waals surface area contributed by atoms with Crippen LogP contribution in [0.15, 0.2) is 34.1 Å². The Morgan fingerprint density at radius 2 is 1.37 bits per heavy atom. The number of rotatable bonds is 9. The second kappa shape index (κ2) is 9.93. The van der Waals surface area contributed by atoms with Crippen molar-refractivity contribution in [3.8, 4) is 16.9 Å². The first-order valence-corrected chi connectivity index (χ1v) is 12.5. The fourth-order valence-electron chi connectivity index (χ4n) is 3.71. The second-order valence-electron chi connectivity index (χ2n) is 7.61. The lowest BCUT2D eigenvalue weighted by Crippen LogP contribution is -2.04. The van der Waals surface area contributed by atoms with E-state index in [1.54, 1.807) is 0 Å². The van der Waals surface area contributed by atoms with Crippen molar-refractivity contribution in [2.45, 2.75) is 82.4 Å². The Bertz CT molecular complexity index is 782. The van der Waals surface area contributed by atoms with Gasteiger partial charge in [-0.2, -0.15) is 0 Å². The van der Waals surface area contributed by atoms with Crippen molar-refractivity contribution in [1.29, 1.82) is 0 Å². The largest absolute Gasteiger partial charge is 0.493 e. The Labute approximate surface area is 173 Å². The average molecular weight is 401 g/mol. The molecule has 3 rings (SSSR count). The molecule has 0 saturated heterocycles. The molecule has 3 heteroatoms. The van der Waals surface area contributed by atoms with Crippen LogP contribution in [0.1, 0.15) is 69.1 Å². The average Bonchev–Trinajstić information content (AvgIpc) is 2.64. The Balaban J connectivity index is 2.02. The van der Waals surface area contributed by atoms with E-state index in [-0.39, 0.29) is 0 Å². The standard InChI is InChI=1S/C24H32OS2/c1-5-7-9-11-19-13-17(3)15-21-23(19)24-20(25-12-10-8-6-2)14-18(4)16-22(24)27-26-21/h13-16H,5-12H2,1-4H3. The Morgan fingerprint density at radius 1 is 0.741 bits per heavy atom. The predicted octanol–water partition coefficient (Wildman–Crippen LogP) is 8.38. The molecule has 27 heavy (non-hydrogen) atoms. The molecule has 2 aromatic carbocycles. The van der Waals surface area contributed by atoms with Gasteiger partial charge in [-0.3, -0.25) is 0 Å². The van der Waals surface area contributed by atoms with Crippen LogP contribution in [0.3, 0.4) is 0 Å². The van der Waals surface area contributed by atoms with Gasteiger partial charge >= 0.3 is 0 Å². The maximum absolute atomic E-state index is 6.33. The van der Waals surface area contributed by atoms with Crippen LogP contribution in [-0.4, -0.2) is 6.61 Å². The smallest absolute Gasteiger partial charge is 0.128 e. The van der Waals surface area contributed by atoms with Crippen LogP contribution in [0.2, 0.25) is 0 Å². The third-order valence-electron chi connectivity index (χ3n) is 5.06. The number of ether oxygens (including phenoxy) is 1. The molecule has 1 nitrogen and oxygen atoms in total. The molecular weight excluding hydrogens is 368 g/mol. The fourth-order valence-corrected chi connectivity index (χ4v) is 6.29. The maximum atomic E-state index is 6.33. The molecule has 1 aliphatic heterocycles. The molecule has 146 valence electrons. The highest BCUT2D eigenvalue weighted by atomic mass is 33.1. The molecule has 0 N–H and O–H groups in total. The molecule has 0 saturated carbocycles. The molecule has 0 fully saturated rings. The van der Waals surface area contributed by atoms with Gasteiger partial charge in [-0.15, -0.1) is 0 Å². The highest BCUT2D eigenvalue weighted by molar-refractivity contribution is 8.76. The predicted molar refractivity (Wildman–Crippen MR) is 121 cm³/mol. The summed E-state index contributed by atoms with van der Waals surface area (Å²) in [7, 11) is 3.80. The van der Waals surface area contributed by atoms with Crippen LogP contribution in [-0.2, 0) is 6.42 Å². The van der Waals surface area contributed by atoms with Crippen LogP contribution in [0, 0.1) is 13.8 Å².